The van der Waals surface area contributed by atoms with Crippen LogP contribution >= 0.6 is 0 Å². The van der Waals surface area contributed by atoms with Gasteiger partial charge in [-0.05, 0) is 49.4 Å². The minimum atomic E-state index is -0.818. The number of aromatic amines is 1. The van der Waals surface area contributed by atoms with Crippen LogP contribution < -0.4 is 15.4 Å². The van der Waals surface area contributed by atoms with Gasteiger partial charge in [0, 0.05) is 35.8 Å². The Morgan fingerprint density at radius 2 is 2.03 bits per heavy atom. The number of ether oxygens (including phenoxy) is 1. The van der Waals surface area contributed by atoms with E-state index < -0.39 is 12.1 Å². The van der Waals surface area contributed by atoms with Crippen LogP contribution in [0.4, 0.5) is 0 Å². The number of amides is 3. The molecule has 0 saturated carbocycles. The van der Waals surface area contributed by atoms with Crippen LogP contribution in [0.3, 0.4) is 0 Å². The number of rotatable bonds is 7. The Balaban J connectivity index is 1.39. The lowest BCUT2D eigenvalue weighted by molar-refractivity contribution is -0.128. The van der Waals surface area contributed by atoms with Crippen LogP contribution in [0.1, 0.15) is 47.7 Å². The van der Waals surface area contributed by atoms with Gasteiger partial charge in [-0.25, -0.2) is 0 Å². The molecule has 5 rings (SSSR count). The van der Waals surface area contributed by atoms with Crippen molar-refractivity contribution in [2.75, 3.05) is 20.2 Å². The predicted molar refractivity (Wildman–Crippen MR) is 141 cm³/mol. The van der Waals surface area contributed by atoms with E-state index in [0.29, 0.717) is 37.4 Å². The molecule has 9 heteroatoms. The molecule has 0 aliphatic carbocycles. The largest absolute Gasteiger partial charge is 0.496 e. The zero-order valence-corrected chi connectivity index (χ0v) is 21.3. The molecule has 38 heavy (non-hydrogen) atoms. The lowest BCUT2D eigenvalue weighted by Gasteiger charge is -2.27. The number of nitrogens with zero attached hydrogens (tertiary/aromatic N) is 2. The van der Waals surface area contributed by atoms with Gasteiger partial charge in [-0.1, -0.05) is 36.4 Å². The molecule has 3 aromatic rings. The van der Waals surface area contributed by atoms with E-state index in [9.17, 15) is 19.6 Å². The third-order valence-corrected chi connectivity index (χ3v) is 7.60. The van der Waals surface area contributed by atoms with Gasteiger partial charge in [0.05, 0.1) is 13.2 Å². The zero-order chi connectivity index (χ0) is 26.6. The molecule has 2 aliphatic heterocycles. The number of hydrogen-bond donors (Lipinski definition) is 3. The van der Waals surface area contributed by atoms with Crippen molar-refractivity contribution in [2.24, 2.45) is 5.92 Å². The van der Waals surface area contributed by atoms with E-state index in [1.54, 1.807) is 18.1 Å². The molecule has 2 saturated heterocycles. The van der Waals surface area contributed by atoms with Gasteiger partial charge in [0.25, 0.3) is 5.91 Å². The first kappa shape index (κ1) is 25.3. The molecule has 4 atom stereocenters. The second kappa shape index (κ2) is 11.0. The van der Waals surface area contributed by atoms with Gasteiger partial charge in [0.1, 0.15) is 23.5 Å². The normalized spacial score (nSPS) is 21.9. The molecular weight excluding hydrogens is 482 g/mol. The fourth-order valence-electron chi connectivity index (χ4n) is 5.61. The Kier molecular flexibility index (Phi) is 7.31. The number of hydrogen-bond acceptors (Lipinski definition) is 5. The maximum Gasteiger partial charge on any atom is 0.271 e. The smallest absolute Gasteiger partial charge is 0.271 e. The highest BCUT2D eigenvalue weighted by Crippen LogP contribution is 2.34. The Bertz CT molecular complexity index is 1380. The molecule has 2 fully saturated rings. The van der Waals surface area contributed by atoms with Crippen LogP contribution in [0, 0.1) is 17.2 Å². The lowest BCUT2D eigenvalue weighted by atomic mass is 9.91. The molecule has 0 radical (unpaired) electrons. The number of nitriles is 1. The molecule has 196 valence electrons. The number of fused-ring (bicyclic) bond motifs is 1. The minimum Gasteiger partial charge on any atom is -0.496 e. The van der Waals surface area contributed by atoms with Crippen LogP contribution in [0.15, 0.2) is 54.6 Å². The number of H-pyrrole nitrogens is 1. The van der Waals surface area contributed by atoms with Crippen LogP contribution in [0.25, 0.3) is 10.9 Å². The van der Waals surface area contributed by atoms with Crippen LogP contribution in [0.2, 0.25) is 0 Å². The molecule has 0 spiro atoms. The van der Waals surface area contributed by atoms with Gasteiger partial charge >= 0.3 is 0 Å². The highest BCUT2D eigenvalue weighted by molar-refractivity contribution is 6.02. The highest BCUT2D eigenvalue weighted by atomic mass is 16.5. The number of carbonyl (C=O) groups is 3. The number of piperidine rings is 1. The maximum absolute atomic E-state index is 13.8. The summed E-state index contributed by atoms with van der Waals surface area (Å²) >= 11 is 0. The minimum absolute atomic E-state index is 0.0283. The Morgan fingerprint density at radius 1 is 1.21 bits per heavy atom. The summed E-state index contributed by atoms with van der Waals surface area (Å²) in [5.41, 5.74) is 2.18. The third-order valence-electron chi connectivity index (χ3n) is 7.60. The Hall–Kier alpha value is -4.32. The quantitative estimate of drug-likeness (QED) is 0.447. The highest BCUT2D eigenvalue weighted by Gasteiger charge is 2.41. The summed E-state index contributed by atoms with van der Waals surface area (Å²) in [5, 5.41) is 16.2. The van der Waals surface area contributed by atoms with E-state index in [0.717, 1.165) is 22.9 Å². The number of aromatic nitrogens is 1. The van der Waals surface area contributed by atoms with Crippen LogP contribution in [-0.4, -0.2) is 59.9 Å². The molecule has 0 bridgehead atoms. The van der Waals surface area contributed by atoms with Crippen molar-refractivity contribution in [3.05, 3.63) is 65.9 Å². The first-order chi connectivity index (χ1) is 18.5. The summed E-state index contributed by atoms with van der Waals surface area (Å²) in [5.74, 6) is -0.441. The standard InChI is InChI=1S/C29H31N5O4/c1-38-26-11-5-10-23-22(26)15-24(33-23)29(37)34-17-20(18-7-3-2-4-8-18)14-25(34)28(36)32-21(16-30)13-19-9-6-12-31-27(19)35/h2-5,7-8,10-11,15,19-21,25,33H,6,9,12-14,17H2,1H3,(H,31,35)(H,32,36). The second-order valence-electron chi connectivity index (χ2n) is 9.98. The third kappa shape index (κ3) is 5.07. The first-order valence-electron chi connectivity index (χ1n) is 13.0. The molecule has 1 aromatic heterocycles. The monoisotopic (exact) mass is 513 g/mol. The Morgan fingerprint density at radius 3 is 2.76 bits per heavy atom. The van der Waals surface area contributed by atoms with Gasteiger partial charge < -0.3 is 25.3 Å². The van der Waals surface area contributed by atoms with E-state index >= 15 is 0 Å². The number of carbonyl (C=O) groups excluding carboxylic acids is 3. The molecule has 3 amide bonds. The maximum atomic E-state index is 13.8. The van der Waals surface area contributed by atoms with Crippen molar-refractivity contribution in [3.8, 4) is 11.8 Å². The van der Waals surface area contributed by atoms with Crippen LogP contribution in [0.5, 0.6) is 5.75 Å². The predicted octanol–water partition coefficient (Wildman–Crippen LogP) is 3.10. The SMILES string of the molecule is COc1cccc2[nH]c(C(=O)N3CC(c4ccccc4)CC3C(=O)NC(C#N)CC3CCCNC3=O)cc12. The first-order valence-corrected chi connectivity index (χ1v) is 13.0. The molecule has 9 nitrogen and oxygen atoms in total. The topological polar surface area (TPSA) is 127 Å². The van der Waals surface area contributed by atoms with Gasteiger partial charge in [-0.3, -0.25) is 14.4 Å². The van der Waals surface area contributed by atoms with E-state index in [1.165, 1.54) is 0 Å². The van der Waals surface area contributed by atoms with E-state index in [1.807, 2.05) is 48.5 Å². The second-order valence-corrected chi connectivity index (χ2v) is 9.98. The zero-order valence-electron chi connectivity index (χ0n) is 21.3. The fourth-order valence-corrected chi connectivity index (χ4v) is 5.61. The van der Waals surface area contributed by atoms with Crippen molar-refractivity contribution in [1.29, 1.82) is 5.26 Å². The summed E-state index contributed by atoms with van der Waals surface area (Å²) < 4.78 is 5.44. The van der Waals surface area contributed by atoms with Crippen molar-refractivity contribution in [1.82, 2.24) is 20.5 Å². The molecule has 3 N–H and O–H groups in total. The summed E-state index contributed by atoms with van der Waals surface area (Å²) in [7, 11) is 1.58. The number of likely N-dealkylation sites (tertiary alicyclic amines) is 1. The summed E-state index contributed by atoms with van der Waals surface area (Å²) in [6, 6.07) is 17.7. The van der Waals surface area contributed by atoms with E-state index in [2.05, 4.69) is 21.7 Å². The number of nitrogens with one attached hydrogen (secondary N) is 3. The molecular formula is C29H31N5O4. The fraction of sp³-hybridized carbons (Fsp3) is 0.379. The average molecular weight is 514 g/mol. The van der Waals surface area contributed by atoms with E-state index in [-0.39, 0.29) is 36.0 Å². The Labute approximate surface area is 221 Å². The number of methoxy groups -OCH3 is 1. The van der Waals surface area contributed by atoms with Crippen molar-refractivity contribution < 1.29 is 19.1 Å². The molecule has 2 aromatic carbocycles. The number of benzene rings is 2. The summed E-state index contributed by atoms with van der Waals surface area (Å²) in [6.07, 6.45) is 2.22. The molecule has 3 heterocycles. The lowest BCUT2D eigenvalue weighted by Crippen LogP contribution is -2.49. The van der Waals surface area contributed by atoms with Crippen molar-refractivity contribution >= 4 is 28.6 Å². The van der Waals surface area contributed by atoms with Crippen LogP contribution in [-0.2, 0) is 9.59 Å². The van der Waals surface area contributed by atoms with Gasteiger partial charge in [-0.2, -0.15) is 5.26 Å². The van der Waals surface area contributed by atoms with Gasteiger partial charge in [0.2, 0.25) is 11.8 Å². The van der Waals surface area contributed by atoms with Crippen molar-refractivity contribution in [3.63, 3.8) is 0 Å². The van der Waals surface area contributed by atoms with E-state index in [4.69, 9.17) is 4.74 Å². The summed E-state index contributed by atoms with van der Waals surface area (Å²) in [4.78, 5) is 44.3. The van der Waals surface area contributed by atoms with Gasteiger partial charge in [-0.15, -0.1) is 0 Å². The molecule has 2 aliphatic rings. The van der Waals surface area contributed by atoms with Crippen molar-refractivity contribution in [2.45, 2.75) is 43.7 Å². The summed E-state index contributed by atoms with van der Waals surface area (Å²) in [6.45, 7) is 1.01. The molecule has 4 unspecified atom stereocenters. The van der Waals surface area contributed by atoms with Gasteiger partial charge in [0.15, 0.2) is 0 Å². The average Bonchev–Trinajstić information content (AvgIpc) is 3.59.